The number of rotatable bonds is 3. The molecule has 1 aromatic carbocycles. The molecule has 0 saturated heterocycles. The SMILES string of the molecule is Cc1ccc([N+](=O)[O-])c(Oc2cc(Cl)nc(N)n2)c1. The summed E-state index contributed by atoms with van der Waals surface area (Å²) in [6.07, 6.45) is 0. The molecule has 19 heavy (non-hydrogen) atoms. The van der Waals surface area contributed by atoms with Gasteiger partial charge in [0.15, 0.2) is 0 Å². The number of aromatic nitrogens is 2. The number of nitrogen functional groups attached to an aromatic ring is 1. The van der Waals surface area contributed by atoms with Crippen molar-refractivity contribution in [3.05, 3.63) is 45.1 Å². The van der Waals surface area contributed by atoms with E-state index in [1.165, 1.54) is 18.2 Å². The number of nitro benzene ring substituents is 1. The summed E-state index contributed by atoms with van der Waals surface area (Å²) in [6.45, 7) is 1.79. The van der Waals surface area contributed by atoms with Crippen LogP contribution in [0.5, 0.6) is 11.6 Å². The zero-order chi connectivity index (χ0) is 14.0. The number of nitrogens with two attached hydrogens (primary N) is 1. The predicted molar refractivity (Wildman–Crippen MR) is 69.4 cm³/mol. The van der Waals surface area contributed by atoms with Crippen LogP contribution in [0.15, 0.2) is 24.3 Å². The van der Waals surface area contributed by atoms with Crippen LogP contribution in [-0.2, 0) is 0 Å². The first-order valence-corrected chi connectivity index (χ1v) is 5.56. The van der Waals surface area contributed by atoms with Gasteiger partial charge in [0, 0.05) is 12.1 Å². The highest BCUT2D eigenvalue weighted by molar-refractivity contribution is 6.29. The minimum atomic E-state index is -0.541. The van der Waals surface area contributed by atoms with Crippen molar-refractivity contribution in [2.45, 2.75) is 6.92 Å². The van der Waals surface area contributed by atoms with Gasteiger partial charge in [-0.1, -0.05) is 17.7 Å². The molecule has 1 heterocycles. The van der Waals surface area contributed by atoms with Crippen molar-refractivity contribution >= 4 is 23.2 Å². The second-order valence-corrected chi connectivity index (χ2v) is 4.10. The molecule has 0 radical (unpaired) electrons. The lowest BCUT2D eigenvalue weighted by atomic mass is 10.2. The Balaban J connectivity index is 2.42. The first-order valence-electron chi connectivity index (χ1n) is 5.18. The Bertz CT molecular complexity index is 628. The van der Waals surface area contributed by atoms with E-state index in [9.17, 15) is 10.1 Å². The van der Waals surface area contributed by atoms with Gasteiger partial charge in [-0.25, -0.2) is 4.98 Å². The number of nitrogens with zero attached hydrogens (tertiary/aromatic N) is 3. The topological polar surface area (TPSA) is 104 Å². The number of anilines is 1. The molecule has 8 heteroatoms. The van der Waals surface area contributed by atoms with Gasteiger partial charge in [0.2, 0.25) is 17.6 Å². The summed E-state index contributed by atoms with van der Waals surface area (Å²) < 4.78 is 5.36. The predicted octanol–water partition coefficient (Wildman–Crippen LogP) is 2.72. The van der Waals surface area contributed by atoms with Gasteiger partial charge in [-0.3, -0.25) is 10.1 Å². The second-order valence-electron chi connectivity index (χ2n) is 3.72. The lowest BCUT2D eigenvalue weighted by Crippen LogP contribution is -1.99. The van der Waals surface area contributed by atoms with Crippen molar-refractivity contribution in [1.82, 2.24) is 9.97 Å². The lowest BCUT2D eigenvalue weighted by molar-refractivity contribution is -0.385. The van der Waals surface area contributed by atoms with Gasteiger partial charge in [0.25, 0.3) is 0 Å². The number of hydrogen-bond donors (Lipinski definition) is 1. The molecule has 0 aliphatic heterocycles. The molecule has 98 valence electrons. The van der Waals surface area contributed by atoms with Crippen LogP contribution >= 0.6 is 11.6 Å². The molecule has 0 aliphatic rings. The number of benzene rings is 1. The van der Waals surface area contributed by atoms with Crippen LogP contribution in [0.1, 0.15) is 5.56 Å². The summed E-state index contributed by atoms with van der Waals surface area (Å²) in [7, 11) is 0. The molecule has 0 amide bonds. The summed E-state index contributed by atoms with van der Waals surface area (Å²) >= 11 is 5.70. The highest BCUT2D eigenvalue weighted by Gasteiger charge is 2.16. The van der Waals surface area contributed by atoms with Crippen molar-refractivity contribution in [3.63, 3.8) is 0 Å². The minimum absolute atomic E-state index is 0.0474. The Labute approximate surface area is 113 Å². The number of hydrogen-bond acceptors (Lipinski definition) is 6. The second kappa shape index (κ2) is 5.07. The van der Waals surface area contributed by atoms with E-state index in [0.717, 1.165) is 5.56 Å². The molecular formula is C11H9ClN4O3. The molecular weight excluding hydrogens is 272 g/mol. The largest absolute Gasteiger partial charge is 0.432 e. The quantitative estimate of drug-likeness (QED) is 0.526. The number of halogens is 1. The third kappa shape index (κ3) is 3.08. The van der Waals surface area contributed by atoms with Crippen LogP contribution in [-0.4, -0.2) is 14.9 Å². The molecule has 0 spiro atoms. The van der Waals surface area contributed by atoms with Crippen LogP contribution in [0.2, 0.25) is 5.15 Å². The summed E-state index contributed by atoms with van der Waals surface area (Å²) in [5, 5.41) is 11.0. The molecule has 2 aromatic rings. The molecule has 2 rings (SSSR count). The van der Waals surface area contributed by atoms with Crippen LogP contribution in [0.3, 0.4) is 0 Å². The van der Waals surface area contributed by atoms with Crippen molar-refractivity contribution in [2.75, 3.05) is 5.73 Å². The summed E-state index contributed by atoms with van der Waals surface area (Å²) in [6, 6.07) is 5.83. The van der Waals surface area contributed by atoms with E-state index in [2.05, 4.69) is 9.97 Å². The fourth-order valence-corrected chi connectivity index (χ4v) is 1.61. The Morgan fingerprint density at radius 3 is 2.74 bits per heavy atom. The normalized spacial score (nSPS) is 10.2. The summed E-state index contributed by atoms with van der Waals surface area (Å²) in [5.41, 5.74) is 6.07. The smallest absolute Gasteiger partial charge is 0.311 e. The maximum Gasteiger partial charge on any atom is 0.311 e. The van der Waals surface area contributed by atoms with E-state index in [1.54, 1.807) is 13.0 Å². The third-order valence-corrected chi connectivity index (χ3v) is 2.41. The first-order chi connectivity index (χ1) is 8.95. The first kappa shape index (κ1) is 13.0. The van der Waals surface area contributed by atoms with E-state index in [0.29, 0.717) is 0 Å². The van der Waals surface area contributed by atoms with Gasteiger partial charge >= 0.3 is 5.69 Å². The van der Waals surface area contributed by atoms with E-state index >= 15 is 0 Å². The van der Waals surface area contributed by atoms with Gasteiger partial charge in [-0.2, -0.15) is 4.98 Å². The van der Waals surface area contributed by atoms with Crippen LogP contribution < -0.4 is 10.5 Å². The maximum atomic E-state index is 10.9. The molecule has 7 nitrogen and oxygen atoms in total. The number of ether oxygens (including phenoxy) is 1. The summed E-state index contributed by atoms with van der Waals surface area (Å²) in [4.78, 5) is 17.8. The van der Waals surface area contributed by atoms with Crippen LogP contribution in [0, 0.1) is 17.0 Å². The monoisotopic (exact) mass is 280 g/mol. The van der Waals surface area contributed by atoms with E-state index in [-0.39, 0.29) is 28.4 Å². The molecule has 0 unspecified atom stereocenters. The van der Waals surface area contributed by atoms with Crippen molar-refractivity contribution in [3.8, 4) is 11.6 Å². The van der Waals surface area contributed by atoms with Crippen molar-refractivity contribution in [2.24, 2.45) is 0 Å². The van der Waals surface area contributed by atoms with E-state index in [4.69, 9.17) is 22.1 Å². The fraction of sp³-hybridized carbons (Fsp3) is 0.0909. The maximum absolute atomic E-state index is 10.9. The van der Waals surface area contributed by atoms with Crippen molar-refractivity contribution < 1.29 is 9.66 Å². The Kier molecular flexibility index (Phi) is 3.48. The van der Waals surface area contributed by atoms with E-state index in [1.807, 2.05) is 0 Å². The standard InChI is InChI=1S/C11H9ClN4O3/c1-6-2-3-7(16(17)18)8(4-6)19-10-5-9(12)14-11(13)15-10/h2-5H,1H3,(H2,13,14,15). The Morgan fingerprint density at radius 2 is 2.11 bits per heavy atom. The molecule has 0 saturated carbocycles. The third-order valence-electron chi connectivity index (χ3n) is 2.22. The Morgan fingerprint density at radius 1 is 1.37 bits per heavy atom. The zero-order valence-corrected chi connectivity index (χ0v) is 10.6. The molecule has 2 N–H and O–H groups in total. The van der Waals surface area contributed by atoms with Gasteiger partial charge in [0.1, 0.15) is 5.15 Å². The highest BCUT2D eigenvalue weighted by Crippen LogP contribution is 2.32. The minimum Gasteiger partial charge on any atom is -0.432 e. The average Bonchev–Trinajstić information content (AvgIpc) is 2.26. The lowest BCUT2D eigenvalue weighted by Gasteiger charge is -2.06. The van der Waals surface area contributed by atoms with Crippen molar-refractivity contribution in [1.29, 1.82) is 0 Å². The average molecular weight is 281 g/mol. The van der Waals surface area contributed by atoms with Gasteiger partial charge in [-0.15, -0.1) is 0 Å². The molecule has 0 atom stereocenters. The van der Waals surface area contributed by atoms with E-state index < -0.39 is 4.92 Å². The highest BCUT2D eigenvalue weighted by atomic mass is 35.5. The molecule has 0 fully saturated rings. The number of nitro groups is 1. The van der Waals surface area contributed by atoms with Gasteiger partial charge in [0.05, 0.1) is 4.92 Å². The van der Waals surface area contributed by atoms with Gasteiger partial charge < -0.3 is 10.5 Å². The molecule has 0 bridgehead atoms. The van der Waals surface area contributed by atoms with Gasteiger partial charge in [-0.05, 0) is 18.6 Å². The summed E-state index contributed by atoms with van der Waals surface area (Å²) in [5.74, 6) is 0.0446. The molecule has 0 aliphatic carbocycles. The molecule has 1 aromatic heterocycles. The fourth-order valence-electron chi connectivity index (χ4n) is 1.43. The Hall–Kier alpha value is -2.41. The van der Waals surface area contributed by atoms with Crippen LogP contribution in [0.25, 0.3) is 0 Å². The number of aryl methyl sites for hydroxylation is 1. The zero-order valence-electron chi connectivity index (χ0n) is 9.83. The van der Waals surface area contributed by atoms with Crippen LogP contribution in [0.4, 0.5) is 11.6 Å².